The average Bonchev–Trinajstić information content (AvgIpc) is 2.26. The second-order valence-electron chi connectivity index (χ2n) is 4.12. The Morgan fingerprint density at radius 3 is 2.37 bits per heavy atom. The zero-order valence-corrected chi connectivity index (χ0v) is 11.8. The SMILES string of the molecule is CCC[C@H](O)[C@H](N)c1ccc(C(F)(F)F)c(Cl)c1.Cl. The van der Waals surface area contributed by atoms with Crippen LogP contribution in [0.1, 0.15) is 36.9 Å². The van der Waals surface area contributed by atoms with Gasteiger partial charge in [0.2, 0.25) is 0 Å². The number of nitrogens with two attached hydrogens (primary N) is 1. The Labute approximate surface area is 121 Å². The fourth-order valence-electron chi connectivity index (χ4n) is 1.67. The second kappa shape index (κ2) is 7.33. The molecule has 0 saturated carbocycles. The first-order valence-electron chi connectivity index (χ1n) is 5.57. The van der Waals surface area contributed by atoms with Crippen molar-refractivity contribution in [2.75, 3.05) is 0 Å². The van der Waals surface area contributed by atoms with Gasteiger partial charge in [0.15, 0.2) is 0 Å². The van der Waals surface area contributed by atoms with E-state index in [0.717, 1.165) is 18.6 Å². The van der Waals surface area contributed by atoms with Gasteiger partial charge in [-0.25, -0.2) is 0 Å². The zero-order valence-electron chi connectivity index (χ0n) is 10.2. The Morgan fingerprint density at radius 1 is 1.37 bits per heavy atom. The van der Waals surface area contributed by atoms with E-state index in [0.29, 0.717) is 12.0 Å². The quantitative estimate of drug-likeness (QED) is 0.883. The van der Waals surface area contributed by atoms with E-state index in [-0.39, 0.29) is 12.4 Å². The summed E-state index contributed by atoms with van der Waals surface area (Å²) in [7, 11) is 0. The summed E-state index contributed by atoms with van der Waals surface area (Å²) in [6.45, 7) is 1.88. The molecule has 0 aliphatic carbocycles. The number of hydrogen-bond donors (Lipinski definition) is 2. The van der Waals surface area contributed by atoms with Crippen LogP contribution in [-0.4, -0.2) is 11.2 Å². The van der Waals surface area contributed by atoms with Crippen LogP contribution in [0.5, 0.6) is 0 Å². The molecule has 0 amide bonds. The maximum absolute atomic E-state index is 12.5. The van der Waals surface area contributed by atoms with Crippen molar-refractivity contribution in [2.24, 2.45) is 5.73 Å². The van der Waals surface area contributed by atoms with Crippen LogP contribution < -0.4 is 5.73 Å². The van der Waals surface area contributed by atoms with E-state index in [1.807, 2.05) is 6.92 Å². The van der Waals surface area contributed by atoms with Gasteiger partial charge in [0.1, 0.15) is 0 Å². The van der Waals surface area contributed by atoms with E-state index >= 15 is 0 Å². The number of alkyl halides is 3. The van der Waals surface area contributed by atoms with E-state index in [1.165, 1.54) is 6.07 Å². The van der Waals surface area contributed by atoms with Crippen molar-refractivity contribution in [1.29, 1.82) is 0 Å². The van der Waals surface area contributed by atoms with Gasteiger partial charge in [-0.2, -0.15) is 13.2 Å². The largest absolute Gasteiger partial charge is 0.417 e. The van der Waals surface area contributed by atoms with Gasteiger partial charge >= 0.3 is 6.18 Å². The lowest BCUT2D eigenvalue weighted by molar-refractivity contribution is -0.137. The van der Waals surface area contributed by atoms with Crippen LogP contribution in [0.2, 0.25) is 5.02 Å². The van der Waals surface area contributed by atoms with Gasteiger partial charge in [0.05, 0.1) is 22.7 Å². The Morgan fingerprint density at radius 2 is 1.95 bits per heavy atom. The van der Waals surface area contributed by atoms with Crippen LogP contribution in [0.15, 0.2) is 18.2 Å². The van der Waals surface area contributed by atoms with Crippen molar-refractivity contribution < 1.29 is 18.3 Å². The number of rotatable bonds is 4. The van der Waals surface area contributed by atoms with Gasteiger partial charge in [0, 0.05) is 0 Å². The normalized spacial score (nSPS) is 14.7. The number of halogens is 5. The van der Waals surface area contributed by atoms with Gasteiger partial charge in [-0.1, -0.05) is 31.0 Å². The molecule has 0 aliphatic heterocycles. The molecule has 0 heterocycles. The predicted molar refractivity (Wildman–Crippen MR) is 71.5 cm³/mol. The molecule has 0 aromatic heterocycles. The third-order valence-corrected chi connectivity index (χ3v) is 3.00. The topological polar surface area (TPSA) is 46.2 Å². The predicted octanol–water partition coefficient (Wildman–Crippen LogP) is 3.94. The van der Waals surface area contributed by atoms with E-state index in [2.05, 4.69) is 0 Å². The Balaban J connectivity index is 0.00000324. The summed E-state index contributed by atoms with van der Waals surface area (Å²) in [5, 5.41) is 9.30. The fourth-order valence-corrected chi connectivity index (χ4v) is 1.96. The molecule has 0 spiro atoms. The Hall–Kier alpha value is -0.490. The Bertz CT molecular complexity index is 412. The zero-order chi connectivity index (χ0) is 13.9. The summed E-state index contributed by atoms with van der Waals surface area (Å²) in [4.78, 5) is 0. The molecule has 1 aromatic carbocycles. The summed E-state index contributed by atoms with van der Waals surface area (Å²) in [6.07, 6.45) is -4.05. The standard InChI is InChI=1S/C12H15ClF3NO.ClH/c1-2-3-10(18)11(17)7-4-5-8(9(13)6-7)12(14,15)16;/h4-6,10-11,18H,2-3,17H2,1H3;1H/t10-,11+;/m0./s1. The van der Waals surface area contributed by atoms with Gasteiger partial charge in [-0.15, -0.1) is 12.4 Å². The molecule has 19 heavy (non-hydrogen) atoms. The average molecular weight is 318 g/mol. The van der Waals surface area contributed by atoms with E-state index in [4.69, 9.17) is 17.3 Å². The summed E-state index contributed by atoms with van der Waals surface area (Å²) in [6, 6.07) is 2.56. The number of benzene rings is 1. The molecule has 2 nitrogen and oxygen atoms in total. The first-order chi connectivity index (χ1) is 8.27. The molecule has 1 aromatic rings. The van der Waals surface area contributed by atoms with Crippen LogP contribution in [0.3, 0.4) is 0 Å². The molecule has 0 bridgehead atoms. The van der Waals surface area contributed by atoms with Crippen LogP contribution in [0, 0.1) is 0 Å². The summed E-state index contributed by atoms with van der Waals surface area (Å²) >= 11 is 5.58. The van der Waals surface area contributed by atoms with Crippen molar-refractivity contribution in [3.05, 3.63) is 34.3 Å². The minimum atomic E-state index is -4.48. The third-order valence-electron chi connectivity index (χ3n) is 2.68. The van der Waals surface area contributed by atoms with E-state index in [9.17, 15) is 18.3 Å². The Kier molecular flexibility index (Phi) is 7.15. The number of aliphatic hydroxyl groups excluding tert-OH is 1. The molecule has 0 aliphatic rings. The highest BCUT2D eigenvalue weighted by Gasteiger charge is 2.33. The maximum atomic E-state index is 12.5. The van der Waals surface area contributed by atoms with Crippen molar-refractivity contribution in [1.82, 2.24) is 0 Å². The monoisotopic (exact) mass is 317 g/mol. The summed E-state index contributed by atoms with van der Waals surface area (Å²) in [5.41, 5.74) is 5.26. The van der Waals surface area contributed by atoms with Gasteiger partial charge < -0.3 is 10.8 Å². The molecule has 3 N–H and O–H groups in total. The summed E-state index contributed by atoms with van der Waals surface area (Å²) < 4.78 is 37.5. The fraction of sp³-hybridized carbons (Fsp3) is 0.500. The first kappa shape index (κ1) is 18.5. The van der Waals surface area contributed by atoms with Crippen LogP contribution in [-0.2, 0) is 6.18 Å². The minimum Gasteiger partial charge on any atom is -0.391 e. The van der Waals surface area contributed by atoms with Crippen LogP contribution in [0.4, 0.5) is 13.2 Å². The van der Waals surface area contributed by atoms with Crippen molar-refractivity contribution >= 4 is 24.0 Å². The molecule has 0 radical (unpaired) electrons. The lowest BCUT2D eigenvalue weighted by Crippen LogP contribution is -2.26. The van der Waals surface area contributed by atoms with Gasteiger partial charge in [-0.3, -0.25) is 0 Å². The molecule has 7 heteroatoms. The second-order valence-corrected chi connectivity index (χ2v) is 4.53. The molecule has 110 valence electrons. The molecular formula is C12H16Cl2F3NO. The molecule has 0 fully saturated rings. The van der Waals surface area contributed by atoms with Crippen LogP contribution >= 0.6 is 24.0 Å². The van der Waals surface area contributed by atoms with Crippen LogP contribution in [0.25, 0.3) is 0 Å². The van der Waals surface area contributed by atoms with Crippen molar-refractivity contribution in [3.8, 4) is 0 Å². The highest BCUT2D eigenvalue weighted by atomic mass is 35.5. The van der Waals surface area contributed by atoms with Crippen molar-refractivity contribution in [2.45, 2.75) is 38.1 Å². The lowest BCUT2D eigenvalue weighted by Gasteiger charge is -2.19. The number of aliphatic hydroxyl groups is 1. The minimum absolute atomic E-state index is 0. The third kappa shape index (κ3) is 4.84. The maximum Gasteiger partial charge on any atom is 0.417 e. The van der Waals surface area contributed by atoms with Gasteiger partial charge in [0.25, 0.3) is 0 Å². The molecule has 0 saturated heterocycles. The number of hydrogen-bond acceptors (Lipinski definition) is 2. The molecule has 2 atom stereocenters. The molecular weight excluding hydrogens is 302 g/mol. The molecule has 0 unspecified atom stereocenters. The highest BCUT2D eigenvalue weighted by Crippen LogP contribution is 2.36. The van der Waals surface area contributed by atoms with E-state index in [1.54, 1.807) is 0 Å². The molecule has 1 rings (SSSR count). The lowest BCUT2D eigenvalue weighted by atomic mass is 9.98. The smallest absolute Gasteiger partial charge is 0.391 e. The summed E-state index contributed by atoms with van der Waals surface area (Å²) in [5.74, 6) is 0. The van der Waals surface area contributed by atoms with Gasteiger partial charge in [-0.05, 0) is 24.1 Å². The van der Waals surface area contributed by atoms with E-state index < -0.39 is 28.9 Å². The first-order valence-corrected chi connectivity index (χ1v) is 5.95. The van der Waals surface area contributed by atoms with Crippen molar-refractivity contribution in [3.63, 3.8) is 0 Å². The highest BCUT2D eigenvalue weighted by molar-refractivity contribution is 6.31.